The van der Waals surface area contributed by atoms with Gasteiger partial charge in [-0.05, 0) is 86.1 Å². The topological polar surface area (TPSA) is 90.7 Å². The lowest BCUT2D eigenvalue weighted by Gasteiger charge is -2.36. The van der Waals surface area contributed by atoms with Gasteiger partial charge in [-0.3, -0.25) is 9.59 Å². The van der Waals surface area contributed by atoms with Gasteiger partial charge >= 0.3 is 0 Å². The zero-order chi connectivity index (χ0) is 33.6. The van der Waals surface area contributed by atoms with Gasteiger partial charge in [0.1, 0.15) is 6.33 Å². The molecule has 6 rings (SSSR count). The third kappa shape index (κ3) is 7.48. The van der Waals surface area contributed by atoms with E-state index in [2.05, 4.69) is 76.3 Å². The first kappa shape index (κ1) is 33.5. The van der Waals surface area contributed by atoms with Crippen LogP contribution in [0.5, 0.6) is 0 Å². The van der Waals surface area contributed by atoms with Crippen LogP contribution in [0, 0.1) is 24.0 Å². The van der Waals surface area contributed by atoms with Crippen molar-refractivity contribution in [2.45, 2.75) is 64.5 Å². The molecule has 0 spiro atoms. The average Bonchev–Trinajstić information content (AvgIpc) is 3.55. The van der Waals surface area contributed by atoms with Crippen molar-refractivity contribution in [3.8, 4) is 5.69 Å². The van der Waals surface area contributed by atoms with Gasteiger partial charge in [0.15, 0.2) is 11.5 Å². The quantitative estimate of drug-likeness (QED) is 0.277. The Morgan fingerprint density at radius 3 is 2.79 bits per heavy atom. The maximum Gasteiger partial charge on any atom is 0.274 e. The SMILES string of the molecule is CC(O)/C=C/C(=O)C(C)CCN1CCCc2ccc(-n3cnc(C(=O)N4CCNC[C@H]4Cc4cc#ccc4)c3C3C=CC=CC3C)cc21. The number of aliphatic hydroxyl groups excluding tert-OH is 1. The lowest BCUT2D eigenvalue weighted by molar-refractivity contribution is -0.117. The van der Waals surface area contributed by atoms with Gasteiger partial charge in [0.2, 0.25) is 0 Å². The molecule has 0 saturated carbocycles. The number of aromatic nitrogens is 2. The number of carbonyl (C=O) groups excluding carboxylic acids is 2. The van der Waals surface area contributed by atoms with Crippen LogP contribution in [0.2, 0.25) is 0 Å². The van der Waals surface area contributed by atoms with E-state index < -0.39 is 6.10 Å². The first-order valence-electron chi connectivity index (χ1n) is 17.4. The fourth-order valence-electron chi connectivity index (χ4n) is 7.14. The number of carbonyl (C=O) groups is 2. The molecule has 0 radical (unpaired) electrons. The molecule has 2 aromatic carbocycles. The Kier molecular flexibility index (Phi) is 10.6. The highest BCUT2D eigenvalue weighted by molar-refractivity contribution is 5.94. The number of imidazole rings is 1. The molecule has 8 nitrogen and oxygen atoms in total. The average molecular weight is 646 g/mol. The van der Waals surface area contributed by atoms with Gasteiger partial charge in [0, 0.05) is 62.0 Å². The summed E-state index contributed by atoms with van der Waals surface area (Å²) in [5.74, 6) is 0.0637. The Balaban J connectivity index is 1.31. The molecule has 2 N–H and O–H groups in total. The molecule has 3 aromatic rings. The number of amides is 1. The predicted octanol–water partition coefficient (Wildman–Crippen LogP) is 5.26. The van der Waals surface area contributed by atoms with Crippen LogP contribution in [0.15, 0.2) is 79.2 Å². The highest BCUT2D eigenvalue weighted by Gasteiger charge is 2.34. The normalized spacial score (nSPS) is 22.0. The summed E-state index contributed by atoms with van der Waals surface area (Å²) in [7, 11) is 0. The van der Waals surface area contributed by atoms with Crippen LogP contribution in [0.25, 0.3) is 5.69 Å². The van der Waals surface area contributed by atoms with E-state index in [-0.39, 0.29) is 35.5 Å². The second-order valence-corrected chi connectivity index (χ2v) is 13.5. The van der Waals surface area contributed by atoms with Crippen LogP contribution in [0.3, 0.4) is 0 Å². The molecular weight excluding hydrogens is 598 g/mol. The van der Waals surface area contributed by atoms with Gasteiger partial charge < -0.3 is 24.8 Å². The minimum atomic E-state index is -0.634. The largest absolute Gasteiger partial charge is 0.389 e. The molecule has 1 aromatic heterocycles. The van der Waals surface area contributed by atoms with Crippen molar-refractivity contribution in [3.05, 3.63) is 114 Å². The Hall–Kier alpha value is -4.45. The van der Waals surface area contributed by atoms with Gasteiger partial charge in [-0.15, -0.1) is 0 Å². The number of aliphatic hydroxyl groups is 1. The van der Waals surface area contributed by atoms with Crippen LogP contribution in [-0.4, -0.2) is 76.1 Å². The van der Waals surface area contributed by atoms with Crippen LogP contribution < -0.4 is 10.2 Å². The van der Waals surface area contributed by atoms with Crippen molar-refractivity contribution in [2.75, 3.05) is 37.6 Å². The van der Waals surface area contributed by atoms with Crippen molar-refractivity contribution in [1.29, 1.82) is 0 Å². The van der Waals surface area contributed by atoms with Crippen molar-refractivity contribution >= 4 is 17.4 Å². The minimum Gasteiger partial charge on any atom is -0.389 e. The van der Waals surface area contributed by atoms with E-state index in [4.69, 9.17) is 4.98 Å². The second-order valence-electron chi connectivity index (χ2n) is 13.5. The Labute approximate surface area is 284 Å². The van der Waals surface area contributed by atoms with E-state index in [1.165, 1.54) is 17.3 Å². The van der Waals surface area contributed by atoms with Gasteiger partial charge in [0.25, 0.3) is 5.91 Å². The summed E-state index contributed by atoms with van der Waals surface area (Å²) in [6, 6.07) is 18.5. The molecule has 3 aliphatic rings. The van der Waals surface area contributed by atoms with E-state index in [1.54, 1.807) is 13.0 Å². The fourth-order valence-corrected chi connectivity index (χ4v) is 7.14. The van der Waals surface area contributed by atoms with Crippen LogP contribution in [0.1, 0.15) is 66.8 Å². The number of allylic oxidation sites excluding steroid dienone is 5. The van der Waals surface area contributed by atoms with Gasteiger partial charge in [-0.2, -0.15) is 0 Å². The number of benzene rings is 1. The zero-order valence-corrected chi connectivity index (χ0v) is 28.3. The summed E-state index contributed by atoms with van der Waals surface area (Å²) in [4.78, 5) is 36.4. The molecule has 3 heterocycles. The lowest BCUT2D eigenvalue weighted by Crippen LogP contribution is -2.54. The number of aryl methyl sites for hydroxylation is 1. The third-order valence-electron chi connectivity index (χ3n) is 9.96. The highest BCUT2D eigenvalue weighted by Crippen LogP contribution is 2.36. The summed E-state index contributed by atoms with van der Waals surface area (Å²) in [6.45, 7) is 9.59. The molecule has 2 aliphatic heterocycles. The standard InChI is InChI=1S/C40H47N5O3/c1-28-10-7-8-14-35(28)39-38(40(48)44-23-20-41-26-34(44)24-31-11-5-4-6-12-31)42-27-45(39)33-17-16-32-13-9-21-43(36(32)25-33)22-19-29(2)37(47)18-15-30(3)46/h5,7-8,10-12,14-18,25,27-30,34-35,41,46H,9,13,19-24,26H2,1-3H3/b18-15+/t28?,29?,30?,34-,35?/m1/s1. The molecule has 1 fully saturated rings. The number of piperazine rings is 1. The van der Waals surface area contributed by atoms with E-state index in [0.717, 1.165) is 68.8 Å². The molecule has 1 saturated heterocycles. The second kappa shape index (κ2) is 15.2. The minimum absolute atomic E-state index is 0.00775. The monoisotopic (exact) mass is 645 g/mol. The summed E-state index contributed by atoms with van der Waals surface area (Å²) in [5, 5.41) is 13.0. The van der Waals surface area contributed by atoms with Crippen molar-refractivity contribution in [2.24, 2.45) is 11.8 Å². The maximum atomic E-state index is 14.5. The van der Waals surface area contributed by atoms with Crippen molar-refractivity contribution < 1.29 is 14.7 Å². The van der Waals surface area contributed by atoms with E-state index >= 15 is 0 Å². The molecule has 1 amide bonds. The molecule has 5 atom stereocenters. The number of nitrogens with one attached hydrogen (secondary N) is 1. The van der Waals surface area contributed by atoms with Gasteiger partial charge in [0.05, 0.1) is 11.8 Å². The molecule has 48 heavy (non-hydrogen) atoms. The van der Waals surface area contributed by atoms with Crippen molar-refractivity contribution in [1.82, 2.24) is 19.8 Å². The third-order valence-corrected chi connectivity index (χ3v) is 9.96. The zero-order valence-electron chi connectivity index (χ0n) is 28.3. The molecule has 250 valence electrons. The van der Waals surface area contributed by atoms with Crippen LogP contribution >= 0.6 is 0 Å². The lowest BCUT2D eigenvalue weighted by atomic mass is 9.86. The molecular formula is C40H47N5O3. The summed E-state index contributed by atoms with van der Waals surface area (Å²) < 4.78 is 2.12. The molecule has 4 unspecified atom stereocenters. The number of anilines is 1. The summed E-state index contributed by atoms with van der Waals surface area (Å²) >= 11 is 0. The predicted molar refractivity (Wildman–Crippen MR) is 189 cm³/mol. The Morgan fingerprint density at radius 1 is 1.15 bits per heavy atom. The molecule has 0 bridgehead atoms. The smallest absolute Gasteiger partial charge is 0.274 e. The first-order valence-corrected chi connectivity index (χ1v) is 17.4. The number of hydrogen-bond donors (Lipinski definition) is 2. The Morgan fingerprint density at radius 2 is 2.00 bits per heavy atom. The number of nitrogens with zero attached hydrogens (tertiary/aromatic N) is 4. The maximum absolute atomic E-state index is 14.5. The van der Waals surface area contributed by atoms with E-state index in [0.29, 0.717) is 12.2 Å². The number of hydrogen-bond acceptors (Lipinski definition) is 6. The summed E-state index contributed by atoms with van der Waals surface area (Å²) in [6.07, 6.45) is 16.3. The first-order chi connectivity index (χ1) is 23.3. The summed E-state index contributed by atoms with van der Waals surface area (Å²) in [5.41, 5.74) is 6.02. The molecule has 1 aliphatic carbocycles. The Bertz CT molecular complexity index is 1670. The van der Waals surface area contributed by atoms with E-state index in [1.807, 2.05) is 36.4 Å². The fraction of sp³-hybridized carbons (Fsp3) is 0.425. The molecule has 8 heteroatoms. The number of ketones is 1. The van der Waals surface area contributed by atoms with Crippen LogP contribution in [-0.2, 0) is 17.6 Å². The van der Waals surface area contributed by atoms with Gasteiger partial charge in [-0.1, -0.05) is 62.4 Å². The van der Waals surface area contributed by atoms with E-state index in [9.17, 15) is 14.7 Å². The highest BCUT2D eigenvalue weighted by atomic mass is 16.3. The van der Waals surface area contributed by atoms with Gasteiger partial charge in [-0.25, -0.2) is 4.98 Å². The van der Waals surface area contributed by atoms with Crippen LogP contribution in [0.4, 0.5) is 5.69 Å². The van der Waals surface area contributed by atoms with Crippen molar-refractivity contribution in [3.63, 3.8) is 0 Å². The number of rotatable bonds is 11. The number of fused-ring (bicyclic) bond motifs is 1.